The van der Waals surface area contributed by atoms with Gasteiger partial charge < -0.3 is 19.9 Å². The predicted octanol–water partition coefficient (Wildman–Crippen LogP) is 7.50. The van der Waals surface area contributed by atoms with Gasteiger partial charge in [-0.3, -0.25) is 4.79 Å². The number of carbonyl (C=O) groups is 1. The zero-order valence-corrected chi connectivity index (χ0v) is 25.6. The van der Waals surface area contributed by atoms with E-state index in [-0.39, 0.29) is 23.5 Å². The van der Waals surface area contributed by atoms with Crippen molar-refractivity contribution in [2.75, 3.05) is 25.1 Å². The summed E-state index contributed by atoms with van der Waals surface area (Å²) in [4.78, 5) is 17.4. The Balaban J connectivity index is 1.09. The second-order valence-corrected chi connectivity index (χ2v) is 13.5. The van der Waals surface area contributed by atoms with Gasteiger partial charge in [-0.25, -0.2) is 4.98 Å². The maximum Gasteiger partial charge on any atom is 0.311 e. The number of benzene rings is 1. The third-order valence-electron chi connectivity index (χ3n) is 9.91. The lowest BCUT2D eigenvalue weighted by atomic mass is 9.78. The first-order valence-electron chi connectivity index (χ1n) is 16.0. The van der Waals surface area contributed by atoms with Gasteiger partial charge in [-0.2, -0.15) is 0 Å². The number of carboxylic acid groups (broad SMARTS) is 1. The quantitative estimate of drug-likeness (QED) is 0.261. The van der Waals surface area contributed by atoms with E-state index in [1.165, 1.54) is 23.2 Å². The number of carboxylic acids is 1. The molecule has 0 bridgehead atoms. The van der Waals surface area contributed by atoms with Crippen molar-refractivity contribution in [3.05, 3.63) is 58.3 Å². The number of hydrogen-bond donors (Lipinski definition) is 2. The number of aliphatic carboxylic acids is 1. The minimum atomic E-state index is -0.724. The predicted molar refractivity (Wildman–Crippen MR) is 164 cm³/mol. The van der Waals surface area contributed by atoms with Gasteiger partial charge in [-0.05, 0) is 110 Å². The van der Waals surface area contributed by atoms with E-state index >= 15 is 0 Å². The van der Waals surface area contributed by atoms with Crippen molar-refractivity contribution < 1.29 is 19.4 Å². The third kappa shape index (κ3) is 7.14. The summed E-state index contributed by atoms with van der Waals surface area (Å²) in [6, 6.07) is 10.6. The van der Waals surface area contributed by atoms with Gasteiger partial charge in [0.05, 0.1) is 24.7 Å². The molecule has 0 saturated heterocycles. The lowest BCUT2D eigenvalue weighted by Gasteiger charge is -2.30. The molecule has 224 valence electrons. The third-order valence-corrected chi connectivity index (χ3v) is 9.91. The van der Waals surface area contributed by atoms with Crippen LogP contribution in [0.2, 0.25) is 0 Å². The fourth-order valence-corrected chi connectivity index (χ4v) is 7.63. The molecule has 5 rings (SSSR count). The zero-order valence-electron chi connectivity index (χ0n) is 25.6. The van der Waals surface area contributed by atoms with Crippen LogP contribution in [-0.2, 0) is 33.5 Å². The monoisotopic (exact) mass is 562 g/mol. The summed E-state index contributed by atoms with van der Waals surface area (Å²) in [5.41, 5.74) is 5.96. The summed E-state index contributed by atoms with van der Waals surface area (Å²) in [5, 5.41) is 13.7. The Bertz CT molecular complexity index is 1190. The van der Waals surface area contributed by atoms with Gasteiger partial charge in [0.15, 0.2) is 0 Å². The standard InChI is InChI=1S/C35H50N2O4/c1-23(31(34(38)39)29-12-7-9-26-17-20-40-24(2)32(26)29)13-14-25-21-30(35(3,4)22-25)41-19-6-5-11-28-16-15-27-10-8-18-36-33(27)37-28/h7,9,12,15-16,23-25,30-31H,5-6,8,10-11,13-14,17-22H2,1-4H3,(H,36,37)(H,38,39)/t23?,24-,25-,30-,31+/m0/s1. The summed E-state index contributed by atoms with van der Waals surface area (Å²) in [5.74, 6) is 0.489. The van der Waals surface area contributed by atoms with Crippen LogP contribution in [0, 0.1) is 17.3 Å². The molecule has 1 saturated carbocycles. The molecule has 0 radical (unpaired) electrons. The van der Waals surface area contributed by atoms with Gasteiger partial charge in [-0.1, -0.05) is 51.5 Å². The van der Waals surface area contributed by atoms with E-state index in [0.29, 0.717) is 12.5 Å². The summed E-state index contributed by atoms with van der Waals surface area (Å²) < 4.78 is 12.4. The number of nitrogens with one attached hydrogen (secondary N) is 1. The highest BCUT2D eigenvalue weighted by molar-refractivity contribution is 5.77. The number of hydrogen-bond acceptors (Lipinski definition) is 5. The van der Waals surface area contributed by atoms with Crippen LogP contribution >= 0.6 is 0 Å². The van der Waals surface area contributed by atoms with Gasteiger partial charge >= 0.3 is 5.97 Å². The first-order valence-corrected chi connectivity index (χ1v) is 16.0. The van der Waals surface area contributed by atoms with Gasteiger partial charge in [0, 0.05) is 18.8 Å². The van der Waals surface area contributed by atoms with E-state index in [9.17, 15) is 9.90 Å². The highest BCUT2D eigenvalue weighted by Crippen LogP contribution is 2.46. The second kappa shape index (κ2) is 13.2. The summed E-state index contributed by atoms with van der Waals surface area (Å²) >= 11 is 0. The minimum absolute atomic E-state index is 0.0520. The lowest BCUT2D eigenvalue weighted by Crippen LogP contribution is -2.26. The summed E-state index contributed by atoms with van der Waals surface area (Å²) in [6.07, 6.45) is 10.7. The smallest absolute Gasteiger partial charge is 0.311 e. The average molecular weight is 563 g/mol. The zero-order chi connectivity index (χ0) is 29.0. The molecule has 3 heterocycles. The molecule has 1 fully saturated rings. The van der Waals surface area contributed by atoms with Crippen LogP contribution in [0.3, 0.4) is 0 Å². The molecular formula is C35H50N2O4. The number of aromatic nitrogens is 1. The van der Waals surface area contributed by atoms with Crippen LogP contribution in [0.4, 0.5) is 5.82 Å². The Hall–Kier alpha value is -2.44. The molecule has 1 aliphatic carbocycles. The Morgan fingerprint density at radius 3 is 2.88 bits per heavy atom. The van der Waals surface area contributed by atoms with E-state index in [1.807, 2.05) is 19.1 Å². The van der Waals surface area contributed by atoms with Crippen molar-refractivity contribution in [1.29, 1.82) is 0 Å². The van der Waals surface area contributed by atoms with Crippen LogP contribution < -0.4 is 5.32 Å². The summed E-state index contributed by atoms with van der Waals surface area (Å²) in [7, 11) is 0. The fourth-order valence-electron chi connectivity index (χ4n) is 7.63. The largest absolute Gasteiger partial charge is 0.481 e. The molecule has 5 atom stereocenters. The molecule has 2 aliphatic heterocycles. The Labute approximate surface area is 246 Å². The first-order chi connectivity index (χ1) is 19.7. The van der Waals surface area contributed by atoms with E-state index in [4.69, 9.17) is 14.5 Å². The van der Waals surface area contributed by atoms with Crippen LogP contribution in [0.1, 0.15) is 113 Å². The maximum absolute atomic E-state index is 12.5. The molecule has 1 unspecified atom stereocenters. The van der Waals surface area contributed by atoms with Crippen molar-refractivity contribution >= 4 is 11.8 Å². The molecule has 41 heavy (non-hydrogen) atoms. The number of ether oxygens (including phenoxy) is 2. The minimum Gasteiger partial charge on any atom is -0.481 e. The highest BCUT2D eigenvalue weighted by Gasteiger charge is 2.41. The number of fused-ring (bicyclic) bond motifs is 2. The number of unbranched alkanes of at least 4 members (excludes halogenated alkanes) is 1. The highest BCUT2D eigenvalue weighted by atomic mass is 16.5. The fraction of sp³-hybridized carbons (Fsp3) is 0.657. The summed E-state index contributed by atoms with van der Waals surface area (Å²) in [6.45, 7) is 11.4. The average Bonchev–Trinajstić information content (AvgIpc) is 3.24. The van der Waals surface area contributed by atoms with Crippen LogP contribution in [0.25, 0.3) is 0 Å². The maximum atomic E-state index is 12.5. The van der Waals surface area contributed by atoms with E-state index in [2.05, 4.69) is 44.3 Å². The Morgan fingerprint density at radius 2 is 2.05 bits per heavy atom. The molecule has 6 heteroatoms. The Morgan fingerprint density at radius 1 is 1.20 bits per heavy atom. The first kappa shape index (κ1) is 30.0. The van der Waals surface area contributed by atoms with Gasteiger partial charge in [0.1, 0.15) is 5.82 Å². The van der Waals surface area contributed by atoms with Crippen molar-refractivity contribution in [3.63, 3.8) is 0 Å². The van der Waals surface area contributed by atoms with Crippen molar-refractivity contribution in [1.82, 2.24) is 4.98 Å². The van der Waals surface area contributed by atoms with Gasteiger partial charge in [-0.15, -0.1) is 0 Å². The van der Waals surface area contributed by atoms with Crippen LogP contribution in [0.5, 0.6) is 0 Å². The molecule has 0 amide bonds. The van der Waals surface area contributed by atoms with E-state index in [0.717, 1.165) is 87.9 Å². The van der Waals surface area contributed by atoms with Crippen LogP contribution in [-0.4, -0.2) is 41.9 Å². The number of nitrogens with zero attached hydrogens (tertiary/aromatic N) is 1. The van der Waals surface area contributed by atoms with Crippen molar-refractivity contribution in [3.8, 4) is 0 Å². The van der Waals surface area contributed by atoms with Crippen molar-refractivity contribution in [2.45, 2.75) is 110 Å². The normalized spacial score (nSPS) is 24.6. The molecule has 2 N–H and O–H groups in total. The van der Waals surface area contributed by atoms with Crippen molar-refractivity contribution in [2.24, 2.45) is 17.3 Å². The molecular weight excluding hydrogens is 512 g/mol. The topological polar surface area (TPSA) is 80.7 Å². The molecule has 0 spiro atoms. The van der Waals surface area contributed by atoms with E-state index in [1.54, 1.807) is 0 Å². The molecule has 3 aliphatic rings. The number of pyridine rings is 1. The molecule has 2 aromatic rings. The molecule has 6 nitrogen and oxygen atoms in total. The van der Waals surface area contributed by atoms with E-state index < -0.39 is 11.9 Å². The lowest BCUT2D eigenvalue weighted by molar-refractivity contribution is -0.140. The Kier molecular flexibility index (Phi) is 9.70. The van der Waals surface area contributed by atoms with Gasteiger partial charge in [0.2, 0.25) is 0 Å². The number of aryl methyl sites for hydroxylation is 2. The SMILES string of the molecule is CC(CC[C@H]1C[C@H](OCCCCc2ccc3c(n2)NCCC3)C(C)(C)C1)[C@@H](C(=O)O)c1cccc2c1[C@H](C)OCC2. The number of anilines is 1. The van der Waals surface area contributed by atoms with Gasteiger partial charge in [0.25, 0.3) is 0 Å². The second-order valence-electron chi connectivity index (χ2n) is 13.5. The van der Waals surface area contributed by atoms with Crippen LogP contribution in [0.15, 0.2) is 30.3 Å². The number of rotatable bonds is 12. The molecule has 1 aromatic heterocycles. The molecule has 1 aromatic carbocycles.